The van der Waals surface area contributed by atoms with Gasteiger partial charge in [0.05, 0.1) is 0 Å². The number of hydrogen-bond donors (Lipinski definition) is 0. The molecule has 80 valence electrons. The molecule has 0 aliphatic rings. The van der Waals surface area contributed by atoms with Crippen LogP contribution in [0.4, 0.5) is 13.2 Å². The highest BCUT2D eigenvalue weighted by molar-refractivity contribution is 5.46. The maximum atomic E-state index is 12.0. The number of rotatable bonds is 1. The number of aryl methyl sites for hydroxylation is 1. The zero-order valence-electron chi connectivity index (χ0n) is 8.01. The Morgan fingerprint density at radius 1 is 1.40 bits per heavy atom. The van der Waals surface area contributed by atoms with Crippen molar-refractivity contribution in [3.05, 3.63) is 23.0 Å². The Hall–Kier alpha value is -1.77. The number of ether oxygens (including phenoxy) is 1. The van der Waals surface area contributed by atoms with Crippen LogP contribution in [0.3, 0.4) is 0 Å². The standard InChI is InChI=1S/C9H7F3N2O/c1-5-4-14-7(3-13)8(6(5)2)15-9(10,11)12/h4H,1-2H3. The Labute approximate surface area is 84.1 Å². The van der Waals surface area contributed by atoms with Crippen molar-refractivity contribution in [1.82, 2.24) is 4.98 Å². The van der Waals surface area contributed by atoms with Crippen molar-refractivity contribution in [2.24, 2.45) is 0 Å². The highest BCUT2D eigenvalue weighted by atomic mass is 19.4. The Bertz CT molecular complexity index is 421. The summed E-state index contributed by atoms with van der Waals surface area (Å²) in [6.45, 7) is 3.03. The molecular formula is C9H7F3N2O. The molecule has 6 heteroatoms. The lowest BCUT2D eigenvalue weighted by atomic mass is 10.1. The molecular weight excluding hydrogens is 209 g/mol. The van der Waals surface area contributed by atoms with Crippen molar-refractivity contribution in [3.63, 3.8) is 0 Å². The lowest BCUT2D eigenvalue weighted by Gasteiger charge is -2.13. The molecule has 1 aromatic rings. The minimum absolute atomic E-state index is 0.263. The van der Waals surface area contributed by atoms with Crippen LogP contribution in [0.15, 0.2) is 6.20 Å². The van der Waals surface area contributed by atoms with E-state index < -0.39 is 12.1 Å². The van der Waals surface area contributed by atoms with E-state index in [-0.39, 0.29) is 11.3 Å². The lowest BCUT2D eigenvalue weighted by Crippen LogP contribution is -2.19. The van der Waals surface area contributed by atoms with Crippen LogP contribution in [-0.2, 0) is 0 Å². The van der Waals surface area contributed by atoms with Gasteiger partial charge < -0.3 is 4.74 Å². The number of pyridine rings is 1. The summed E-state index contributed by atoms with van der Waals surface area (Å²) in [5, 5.41) is 8.57. The molecule has 0 saturated heterocycles. The predicted molar refractivity (Wildman–Crippen MR) is 45.1 cm³/mol. The van der Waals surface area contributed by atoms with Gasteiger partial charge >= 0.3 is 6.36 Å². The van der Waals surface area contributed by atoms with Gasteiger partial charge in [0, 0.05) is 6.20 Å². The monoisotopic (exact) mass is 216 g/mol. The van der Waals surface area contributed by atoms with Crippen LogP contribution in [0.25, 0.3) is 0 Å². The minimum atomic E-state index is -4.81. The molecule has 0 bridgehead atoms. The van der Waals surface area contributed by atoms with Gasteiger partial charge in [0.15, 0.2) is 11.4 Å². The van der Waals surface area contributed by atoms with Crippen LogP contribution < -0.4 is 4.74 Å². The van der Waals surface area contributed by atoms with E-state index in [1.54, 1.807) is 13.0 Å². The van der Waals surface area contributed by atoms with Gasteiger partial charge in [-0.25, -0.2) is 4.98 Å². The van der Waals surface area contributed by atoms with Crippen LogP contribution in [0, 0.1) is 25.2 Å². The average Bonchev–Trinajstić information content (AvgIpc) is 2.11. The molecule has 0 N–H and O–H groups in total. The molecule has 3 nitrogen and oxygen atoms in total. The van der Waals surface area contributed by atoms with E-state index in [1.165, 1.54) is 13.1 Å². The Morgan fingerprint density at radius 2 is 2.00 bits per heavy atom. The van der Waals surface area contributed by atoms with Gasteiger partial charge in [0.25, 0.3) is 0 Å². The largest absolute Gasteiger partial charge is 0.573 e. The molecule has 0 atom stereocenters. The summed E-state index contributed by atoms with van der Waals surface area (Å²) in [4.78, 5) is 3.56. The third-order valence-corrected chi connectivity index (χ3v) is 1.86. The van der Waals surface area contributed by atoms with Gasteiger partial charge in [-0.15, -0.1) is 13.2 Å². The summed E-state index contributed by atoms with van der Waals surface area (Å²) in [6.07, 6.45) is -3.48. The van der Waals surface area contributed by atoms with Crippen molar-refractivity contribution in [2.45, 2.75) is 20.2 Å². The van der Waals surface area contributed by atoms with Gasteiger partial charge in [-0.1, -0.05) is 0 Å². The predicted octanol–water partition coefficient (Wildman–Crippen LogP) is 2.47. The van der Waals surface area contributed by atoms with Crippen LogP contribution in [-0.4, -0.2) is 11.3 Å². The Kier molecular flexibility index (Phi) is 2.84. The molecule has 0 radical (unpaired) electrons. The number of halogens is 3. The third kappa shape index (κ3) is 2.59. The number of aromatic nitrogens is 1. The first-order chi connectivity index (χ1) is 6.85. The molecule has 0 aromatic carbocycles. The fraction of sp³-hybridized carbons (Fsp3) is 0.333. The maximum absolute atomic E-state index is 12.0. The molecule has 0 amide bonds. The molecule has 0 unspecified atom stereocenters. The summed E-state index contributed by atoms with van der Waals surface area (Å²) in [6, 6.07) is 1.55. The van der Waals surface area contributed by atoms with E-state index in [2.05, 4.69) is 9.72 Å². The molecule has 1 heterocycles. The first-order valence-corrected chi connectivity index (χ1v) is 3.97. The molecule has 15 heavy (non-hydrogen) atoms. The Morgan fingerprint density at radius 3 is 2.47 bits per heavy atom. The summed E-state index contributed by atoms with van der Waals surface area (Å²) < 4.78 is 39.8. The smallest absolute Gasteiger partial charge is 0.402 e. The second-order valence-electron chi connectivity index (χ2n) is 2.90. The summed E-state index contributed by atoms with van der Waals surface area (Å²) in [5.41, 5.74) is 0.433. The second kappa shape index (κ2) is 3.77. The second-order valence-corrected chi connectivity index (χ2v) is 2.90. The van der Waals surface area contributed by atoms with E-state index in [0.29, 0.717) is 5.56 Å². The van der Waals surface area contributed by atoms with Crippen LogP contribution >= 0.6 is 0 Å². The van der Waals surface area contributed by atoms with Crippen molar-refractivity contribution in [2.75, 3.05) is 0 Å². The number of alkyl halides is 3. The molecule has 1 aromatic heterocycles. The normalized spacial score (nSPS) is 10.9. The number of hydrogen-bond acceptors (Lipinski definition) is 3. The van der Waals surface area contributed by atoms with E-state index in [4.69, 9.17) is 5.26 Å². The highest BCUT2D eigenvalue weighted by Crippen LogP contribution is 2.29. The molecule has 0 spiro atoms. The van der Waals surface area contributed by atoms with Crippen LogP contribution in [0.1, 0.15) is 16.8 Å². The molecule has 0 fully saturated rings. The average molecular weight is 216 g/mol. The molecule has 0 saturated carbocycles. The number of nitriles is 1. The summed E-state index contributed by atoms with van der Waals surface area (Å²) in [7, 11) is 0. The lowest BCUT2D eigenvalue weighted by molar-refractivity contribution is -0.275. The van der Waals surface area contributed by atoms with E-state index in [1.807, 2.05) is 0 Å². The topological polar surface area (TPSA) is 45.9 Å². The first kappa shape index (κ1) is 11.3. The zero-order chi connectivity index (χ0) is 11.6. The molecule has 0 aliphatic carbocycles. The molecule has 1 rings (SSSR count). The van der Waals surface area contributed by atoms with Gasteiger partial charge in [-0.2, -0.15) is 5.26 Å². The van der Waals surface area contributed by atoms with Crippen molar-refractivity contribution in [3.8, 4) is 11.8 Å². The third-order valence-electron chi connectivity index (χ3n) is 1.86. The van der Waals surface area contributed by atoms with Gasteiger partial charge in [-0.3, -0.25) is 0 Å². The fourth-order valence-electron chi connectivity index (χ4n) is 0.994. The van der Waals surface area contributed by atoms with Crippen molar-refractivity contribution >= 4 is 0 Å². The van der Waals surface area contributed by atoms with E-state index in [0.717, 1.165) is 0 Å². The summed E-state index contributed by atoms with van der Waals surface area (Å²) in [5.74, 6) is -0.523. The minimum Gasteiger partial charge on any atom is -0.402 e. The van der Waals surface area contributed by atoms with Crippen molar-refractivity contribution < 1.29 is 17.9 Å². The number of nitrogens with zero attached hydrogens (tertiary/aromatic N) is 2. The SMILES string of the molecule is Cc1cnc(C#N)c(OC(F)(F)F)c1C. The summed E-state index contributed by atoms with van der Waals surface area (Å²) >= 11 is 0. The van der Waals surface area contributed by atoms with Crippen molar-refractivity contribution in [1.29, 1.82) is 5.26 Å². The maximum Gasteiger partial charge on any atom is 0.573 e. The van der Waals surface area contributed by atoms with Gasteiger partial charge in [0.1, 0.15) is 6.07 Å². The van der Waals surface area contributed by atoms with Crippen LogP contribution in [0.5, 0.6) is 5.75 Å². The quantitative estimate of drug-likeness (QED) is 0.724. The highest BCUT2D eigenvalue weighted by Gasteiger charge is 2.33. The van der Waals surface area contributed by atoms with Crippen LogP contribution in [0.2, 0.25) is 0 Å². The van der Waals surface area contributed by atoms with Gasteiger partial charge in [-0.05, 0) is 25.0 Å². The van der Waals surface area contributed by atoms with E-state index in [9.17, 15) is 13.2 Å². The zero-order valence-corrected chi connectivity index (χ0v) is 8.01. The van der Waals surface area contributed by atoms with Gasteiger partial charge in [0.2, 0.25) is 0 Å². The van der Waals surface area contributed by atoms with E-state index >= 15 is 0 Å². The molecule has 0 aliphatic heterocycles. The fourth-order valence-corrected chi connectivity index (χ4v) is 0.994. The Balaban J connectivity index is 3.26. The first-order valence-electron chi connectivity index (χ1n) is 3.97.